The normalized spacial score (nSPS) is 12.7. The Hall–Kier alpha value is -2.66. The minimum Gasteiger partial charge on any atom is -0.346 e. The van der Waals surface area contributed by atoms with E-state index in [0.29, 0.717) is 24.2 Å². The van der Waals surface area contributed by atoms with E-state index in [0.717, 1.165) is 38.0 Å². The van der Waals surface area contributed by atoms with Crippen LogP contribution in [-0.2, 0) is 24.1 Å². The quantitative estimate of drug-likeness (QED) is 0.609. The number of hydrogen-bond donors (Lipinski definition) is 3. The summed E-state index contributed by atoms with van der Waals surface area (Å²) in [4.78, 5) is 26.1. The highest BCUT2D eigenvalue weighted by molar-refractivity contribution is 5.96. The molecule has 0 fully saturated rings. The third kappa shape index (κ3) is 5.91. The Labute approximate surface area is 173 Å². The lowest BCUT2D eigenvalue weighted by atomic mass is 10.0. The summed E-state index contributed by atoms with van der Waals surface area (Å²) in [7, 11) is 0. The van der Waals surface area contributed by atoms with Crippen LogP contribution in [0.5, 0.6) is 0 Å². The lowest BCUT2D eigenvalue weighted by molar-refractivity contribution is -0.895. The SMILES string of the molecule is CC[NH+](CC)CCNC(=O)c1ccc(NC(=O)Cc2ccc3c(c2)CCC3)cc1. The van der Waals surface area contributed by atoms with E-state index in [1.54, 1.807) is 24.3 Å². The Bertz CT molecular complexity index is 842. The van der Waals surface area contributed by atoms with Gasteiger partial charge in [0.25, 0.3) is 5.91 Å². The van der Waals surface area contributed by atoms with Gasteiger partial charge in [0, 0.05) is 11.3 Å². The molecule has 1 aliphatic rings. The zero-order valence-corrected chi connectivity index (χ0v) is 17.5. The first-order valence-electron chi connectivity index (χ1n) is 10.7. The molecule has 2 aromatic rings. The van der Waals surface area contributed by atoms with Gasteiger partial charge in [0.05, 0.1) is 32.6 Å². The van der Waals surface area contributed by atoms with Gasteiger partial charge < -0.3 is 15.5 Å². The van der Waals surface area contributed by atoms with E-state index in [9.17, 15) is 9.59 Å². The van der Waals surface area contributed by atoms with Gasteiger partial charge in [-0.2, -0.15) is 0 Å². The van der Waals surface area contributed by atoms with Gasteiger partial charge in [-0.1, -0.05) is 18.2 Å². The van der Waals surface area contributed by atoms with E-state index in [1.807, 2.05) is 0 Å². The molecule has 0 aliphatic heterocycles. The van der Waals surface area contributed by atoms with E-state index in [2.05, 4.69) is 42.7 Å². The molecule has 2 aromatic carbocycles. The smallest absolute Gasteiger partial charge is 0.251 e. The summed E-state index contributed by atoms with van der Waals surface area (Å²) >= 11 is 0. The summed E-state index contributed by atoms with van der Waals surface area (Å²) < 4.78 is 0. The van der Waals surface area contributed by atoms with Gasteiger partial charge in [0.2, 0.25) is 5.91 Å². The maximum Gasteiger partial charge on any atom is 0.251 e. The van der Waals surface area contributed by atoms with E-state index < -0.39 is 0 Å². The lowest BCUT2D eigenvalue weighted by Gasteiger charge is -2.15. The van der Waals surface area contributed by atoms with Crippen molar-refractivity contribution in [2.75, 3.05) is 31.5 Å². The summed E-state index contributed by atoms with van der Waals surface area (Å²) in [5, 5.41) is 5.89. The van der Waals surface area contributed by atoms with Crippen LogP contribution in [0.3, 0.4) is 0 Å². The Morgan fingerprint density at radius 3 is 2.41 bits per heavy atom. The van der Waals surface area contributed by atoms with Gasteiger partial charge in [0.15, 0.2) is 0 Å². The number of anilines is 1. The molecule has 154 valence electrons. The van der Waals surface area contributed by atoms with Crippen LogP contribution >= 0.6 is 0 Å². The molecule has 0 aromatic heterocycles. The molecular weight excluding hydrogens is 362 g/mol. The van der Waals surface area contributed by atoms with Crippen molar-refractivity contribution in [3.63, 3.8) is 0 Å². The molecule has 1 aliphatic carbocycles. The van der Waals surface area contributed by atoms with Crippen molar-refractivity contribution < 1.29 is 14.5 Å². The van der Waals surface area contributed by atoms with Crippen molar-refractivity contribution in [1.82, 2.24) is 5.32 Å². The number of rotatable bonds is 9. The summed E-state index contributed by atoms with van der Waals surface area (Å²) in [6.45, 7) is 8.01. The fourth-order valence-electron chi connectivity index (χ4n) is 3.89. The van der Waals surface area contributed by atoms with Crippen molar-refractivity contribution >= 4 is 17.5 Å². The Morgan fingerprint density at radius 2 is 1.69 bits per heavy atom. The minimum absolute atomic E-state index is 0.0395. The molecule has 0 spiro atoms. The maximum atomic E-state index is 12.4. The summed E-state index contributed by atoms with van der Waals surface area (Å²) in [5.74, 6) is -0.116. The van der Waals surface area contributed by atoms with Gasteiger partial charge in [-0.25, -0.2) is 0 Å². The molecule has 0 unspecified atom stereocenters. The molecule has 0 radical (unpaired) electrons. The van der Waals surface area contributed by atoms with Crippen molar-refractivity contribution in [1.29, 1.82) is 0 Å². The van der Waals surface area contributed by atoms with Crippen LogP contribution in [0.15, 0.2) is 42.5 Å². The average Bonchev–Trinajstić information content (AvgIpc) is 3.19. The van der Waals surface area contributed by atoms with Crippen molar-refractivity contribution in [3.8, 4) is 0 Å². The molecule has 0 heterocycles. The second-order valence-electron chi connectivity index (χ2n) is 7.72. The highest BCUT2D eigenvalue weighted by atomic mass is 16.2. The molecule has 0 bridgehead atoms. The van der Waals surface area contributed by atoms with Crippen LogP contribution in [0.1, 0.15) is 47.3 Å². The molecule has 3 rings (SSSR count). The second kappa shape index (κ2) is 10.2. The number of carbonyl (C=O) groups excluding carboxylic acids is 2. The van der Waals surface area contributed by atoms with Gasteiger partial charge in [-0.3, -0.25) is 9.59 Å². The van der Waals surface area contributed by atoms with Crippen molar-refractivity contribution in [2.45, 2.75) is 39.5 Å². The number of carbonyl (C=O) groups is 2. The molecular formula is C24H32N3O2+. The Kier molecular flexibility index (Phi) is 7.42. The van der Waals surface area contributed by atoms with Crippen LogP contribution in [0, 0.1) is 0 Å². The standard InChI is InChI=1S/C24H31N3O2/c1-3-27(4-2)15-14-25-24(29)20-10-12-22(13-11-20)26-23(28)17-18-8-9-19-6-5-7-21(19)16-18/h8-13,16H,3-7,14-15,17H2,1-2H3,(H,25,29)(H,26,28)/p+1. The Morgan fingerprint density at radius 1 is 0.966 bits per heavy atom. The second-order valence-corrected chi connectivity index (χ2v) is 7.72. The molecule has 3 N–H and O–H groups in total. The fraction of sp³-hybridized carbons (Fsp3) is 0.417. The molecule has 5 nitrogen and oxygen atoms in total. The van der Waals surface area contributed by atoms with Gasteiger partial charge >= 0.3 is 0 Å². The number of aryl methyl sites for hydroxylation is 2. The highest BCUT2D eigenvalue weighted by Gasteiger charge is 2.13. The van der Waals surface area contributed by atoms with Gasteiger partial charge in [0.1, 0.15) is 0 Å². The average molecular weight is 395 g/mol. The molecule has 0 saturated heterocycles. The summed E-state index contributed by atoms with van der Waals surface area (Å²) in [6, 6.07) is 13.4. The summed E-state index contributed by atoms with van der Waals surface area (Å²) in [5.41, 5.74) is 5.17. The number of likely N-dealkylation sites (N-methyl/N-ethyl adjacent to an activating group) is 1. The number of benzene rings is 2. The van der Waals surface area contributed by atoms with E-state index in [4.69, 9.17) is 0 Å². The van der Waals surface area contributed by atoms with E-state index >= 15 is 0 Å². The van der Waals surface area contributed by atoms with Crippen LogP contribution in [-0.4, -0.2) is 38.0 Å². The fourth-order valence-corrected chi connectivity index (χ4v) is 3.89. The predicted octanol–water partition coefficient (Wildman–Crippen LogP) is 2.01. The van der Waals surface area contributed by atoms with E-state index in [1.165, 1.54) is 22.4 Å². The summed E-state index contributed by atoms with van der Waals surface area (Å²) in [6.07, 6.45) is 3.84. The molecule has 29 heavy (non-hydrogen) atoms. The molecule has 0 atom stereocenters. The number of amides is 2. The zero-order chi connectivity index (χ0) is 20.6. The van der Waals surface area contributed by atoms with Crippen LogP contribution in [0.25, 0.3) is 0 Å². The zero-order valence-electron chi connectivity index (χ0n) is 17.5. The molecule has 0 saturated carbocycles. The van der Waals surface area contributed by atoms with Crippen LogP contribution in [0.2, 0.25) is 0 Å². The third-order valence-corrected chi connectivity index (χ3v) is 5.72. The highest BCUT2D eigenvalue weighted by Crippen LogP contribution is 2.23. The third-order valence-electron chi connectivity index (χ3n) is 5.72. The topological polar surface area (TPSA) is 62.6 Å². The monoisotopic (exact) mass is 394 g/mol. The van der Waals surface area contributed by atoms with Crippen LogP contribution < -0.4 is 15.5 Å². The number of hydrogen-bond acceptors (Lipinski definition) is 2. The lowest BCUT2D eigenvalue weighted by Crippen LogP contribution is -3.12. The van der Waals surface area contributed by atoms with Gasteiger partial charge in [-0.05, 0) is 74.1 Å². The largest absolute Gasteiger partial charge is 0.346 e. The first kappa shape index (κ1) is 21.1. The maximum absolute atomic E-state index is 12.4. The van der Waals surface area contributed by atoms with Crippen molar-refractivity contribution in [3.05, 3.63) is 64.7 Å². The first-order chi connectivity index (χ1) is 14.1. The number of nitrogens with one attached hydrogen (secondary N) is 3. The van der Waals surface area contributed by atoms with Crippen molar-refractivity contribution in [2.24, 2.45) is 0 Å². The van der Waals surface area contributed by atoms with Crippen LogP contribution in [0.4, 0.5) is 5.69 Å². The molecule has 2 amide bonds. The molecule has 5 heteroatoms. The van der Waals surface area contributed by atoms with E-state index in [-0.39, 0.29) is 11.8 Å². The first-order valence-corrected chi connectivity index (χ1v) is 10.7. The predicted molar refractivity (Wildman–Crippen MR) is 116 cm³/mol. The van der Waals surface area contributed by atoms with Gasteiger partial charge in [-0.15, -0.1) is 0 Å². The number of fused-ring (bicyclic) bond motifs is 1. The number of quaternary nitrogens is 1. The minimum atomic E-state index is -0.0763. The Balaban J connectivity index is 1.48.